The molecule has 166 valence electrons. The molecule has 32 heavy (non-hydrogen) atoms. The quantitative estimate of drug-likeness (QED) is 0.185. The van der Waals surface area contributed by atoms with Crippen LogP contribution in [0.25, 0.3) is 10.6 Å². The number of aromatic nitrogens is 4. The van der Waals surface area contributed by atoms with Gasteiger partial charge in [0.15, 0.2) is 5.16 Å². The molecular weight excluding hydrogens is 460 g/mol. The standard InChI is InChI=1S/C24H25ClN4OS2/c1-3-29-22(10-7-13-30-21-12-11-19(25)14-17(21)2)27-28-24(29)32-16-20-15-31-23(26-20)18-8-5-4-6-9-18/h4-6,8-9,11-12,14-15H,3,7,10,13,16H2,1-2H3. The van der Waals surface area contributed by atoms with Crippen LogP contribution in [-0.2, 0) is 18.7 Å². The summed E-state index contributed by atoms with van der Waals surface area (Å²) in [5, 5.41) is 13.7. The molecule has 0 spiro atoms. The van der Waals surface area contributed by atoms with Gasteiger partial charge in [0.2, 0.25) is 0 Å². The van der Waals surface area contributed by atoms with Gasteiger partial charge in [-0.3, -0.25) is 0 Å². The van der Waals surface area contributed by atoms with Gasteiger partial charge < -0.3 is 9.30 Å². The first-order chi connectivity index (χ1) is 15.6. The molecular formula is C24H25ClN4OS2. The topological polar surface area (TPSA) is 52.8 Å². The summed E-state index contributed by atoms with van der Waals surface area (Å²) in [6, 6.07) is 16.0. The zero-order valence-corrected chi connectivity index (χ0v) is 20.5. The summed E-state index contributed by atoms with van der Waals surface area (Å²) >= 11 is 9.37. The van der Waals surface area contributed by atoms with Gasteiger partial charge >= 0.3 is 0 Å². The second-order valence-electron chi connectivity index (χ2n) is 7.30. The Bertz CT molecular complexity index is 1160. The SMILES string of the molecule is CCn1c(CCCOc2ccc(Cl)cc2C)nnc1SCc1csc(-c2ccccc2)n1. The molecule has 0 fully saturated rings. The third-order valence-electron chi connectivity index (χ3n) is 4.97. The van der Waals surface area contributed by atoms with E-state index in [9.17, 15) is 0 Å². The number of halogens is 1. The summed E-state index contributed by atoms with van der Waals surface area (Å²) in [4.78, 5) is 4.78. The maximum absolute atomic E-state index is 6.01. The van der Waals surface area contributed by atoms with Crippen molar-refractivity contribution in [1.29, 1.82) is 0 Å². The number of aryl methyl sites for hydroxylation is 2. The lowest BCUT2D eigenvalue weighted by Gasteiger charge is -2.10. The van der Waals surface area contributed by atoms with Crippen molar-refractivity contribution in [3.63, 3.8) is 0 Å². The van der Waals surface area contributed by atoms with Crippen molar-refractivity contribution in [2.45, 2.75) is 44.1 Å². The molecule has 0 bridgehead atoms. The molecule has 0 radical (unpaired) electrons. The Morgan fingerprint density at radius 2 is 1.97 bits per heavy atom. The highest BCUT2D eigenvalue weighted by Gasteiger charge is 2.13. The highest BCUT2D eigenvalue weighted by molar-refractivity contribution is 7.98. The molecule has 0 aliphatic carbocycles. The normalized spacial score (nSPS) is 11.1. The fraction of sp³-hybridized carbons (Fsp3) is 0.292. The molecule has 0 saturated carbocycles. The number of nitrogens with zero attached hydrogens (tertiary/aromatic N) is 4. The highest BCUT2D eigenvalue weighted by atomic mass is 35.5. The van der Waals surface area contributed by atoms with Crippen LogP contribution in [0.3, 0.4) is 0 Å². The minimum atomic E-state index is 0.628. The molecule has 4 aromatic rings. The average molecular weight is 485 g/mol. The van der Waals surface area contributed by atoms with Gasteiger partial charge in [-0.15, -0.1) is 21.5 Å². The molecule has 0 amide bonds. The molecule has 4 rings (SSSR count). The first kappa shape index (κ1) is 22.8. The van der Waals surface area contributed by atoms with Crippen LogP contribution in [0.2, 0.25) is 5.02 Å². The van der Waals surface area contributed by atoms with Crippen LogP contribution >= 0.6 is 34.7 Å². The highest BCUT2D eigenvalue weighted by Crippen LogP contribution is 2.28. The van der Waals surface area contributed by atoms with Crippen LogP contribution < -0.4 is 4.74 Å². The van der Waals surface area contributed by atoms with Gasteiger partial charge in [-0.25, -0.2) is 4.98 Å². The van der Waals surface area contributed by atoms with Gasteiger partial charge in [-0.2, -0.15) is 0 Å². The predicted octanol–water partition coefficient (Wildman–Crippen LogP) is 6.69. The van der Waals surface area contributed by atoms with Crippen molar-refractivity contribution in [3.05, 3.63) is 76.0 Å². The molecule has 0 N–H and O–H groups in total. The maximum Gasteiger partial charge on any atom is 0.191 e. The molecule has 2 heterocycles. The van der Waals surface area contributed by atoms with E-state index in [1.165, 1.54) is 0 Å². The van der Waals surface area contributed by atoms with E-state index in [0.29, 0.717) is 6.61 Å². The van der Waals surface area contributed by atoms with Crippen molar-refractivity contribution in [2.75, 3.05) is 6.61 Å². The van der Waals surface area contributed by atoms with E-state index in [4.69, 9.17) is 21.3 Å². The first-order valence-corrected chi connectivity index (χ1v) is 12.8. The Morgan fingerprint density at radius 3 is 2.75 bits per heavy atom. The fourth-order valence-corrected chi connectivity index (χ4v) is 5.41. The van der Waals surface area contributed by atoms with E-state index >= 15 is 0 Å². The third kappa shape index (κ3) is 5.71. The summed E-state index contributed by atoms with van der Waals surface area (Å²) in [5.74, 6) is 2.65. The molecule has 0 aliphatic rings. The van der Waals surface area contributed by atoms with E-state index in [0.717, 1.165) is 68.7 Å². The Labute approximate surface area is 201 Å². The lowest BCUT2D eigenvalue weighted by molar-refractivity contribution is 0.307. The van der Waals surface area contributed by atoms with E-state index in [-0.39, 0.29) is 0 Å². The Hall–Kier alpha value is -2.35. The smallest absolute Gasteiger partial charge is 0.191 e. The summed E-state index contributed by atoms with van der Waals surface area (Å²) in [7, 11) is 0. The van der Waals surface area contributed by atoms with Crippen LogP contribution in [0.1, 0.15) is 30.4 Å². The first-order valence-electron chi connectivity index (χ1n) is 10.6. The van der Waals surface area contributed by atoms with Crippen LogP contribution in [0.5, 0.6) is 5.75 Å². The second-order valence-corrected chi connectivity index (χ2v) is 9.54. The number of rotatable bonds is 10. The van der Waals surface area contributed by atoms with Gasteiger partial charge in [-0.05, 0) is 44.0 Å². The van der Waals surface area contributed by atoms with Crippen molar-refractivity contribution in [1.82, 2.24) is 19.7 Å². The summed E-state index contributed by atoms with van der Waals surface area (Å²) in [6.07, 6.45) is 1.69. The molecule has 0 unspecified atom stereocenters. The van der Waals surface area contributed by atoms with Crippen molar-refractivity contribution < 1.29 is 4.74 Å². The van der Waals surface area contributed by atoms with Gasteiger partial charge in [0.1, 0.15) is 16.6 Å². The summed E-state index contributed by atoms with van der Waals surface area (Å²) in [6.45, 7) is 5.60. The molecule has 5 nitrogen and oxygen atoms in total. The van der Waals surface area contributed by atoms with Crippen LogP contribution in [0.4, 0.5) is 0 Å². The van der Waals surface area contributed by atoms with Crippen LogP contribution in [0, 0.1) is 6.92 Å². The number of hydrogen-bond donors (Lipinski definition) is 0. The number of benzene rings is 2. The molecule has 0 atom stereocenters. The zero-order valence-electron chi connectivity index (χ0n) is 18.1. The van der Waals surface area contributed by atoms with Crippen LogP contribution in [-0.4, -0.2) is 26.4 Å². The zero-order chi connectivity index (χ0) is 22.3. The minimum absolute atomic E-state index is 0.628. The number of thioether (sulfide) groups is 1. The van der Waals surface area contributed by atoms with Gasteiger partial charge in [0.25, 0.3) is 0 Å². The van der Waals surface area contributed by atoms with E-state index < -0.39 is 0 Å². The Kier molecular flexibility index (Phi) is 7.84. The Balaban J connectivity index is 1.30. The molecule has 0 saturated heterocycles. The van der Waals surface area contributed by atoms with Crippen molar-refractivity contribution in [2.24, 2.45) is 0 Å². The monoisotopic (exact) mass is 484 g/mol. The van der Waals surface area contributed by atoms with Gasteiger partial charge in [0.05, 0.1) is 12.3 Å². The summed E-state index contributed by atoms with van der Waals surface area (Å²) < 4.78 is 8.09. The molecule has 2 aromatic carbocycles. The lowest BCUT2D eigenvalue weighted by Crippen LogP contribution is -2.06. The van der Waals surface area contributed by atoms with Crippen molar-refractivity contribution >= 4 is 34.7 Å². The van der Waals surface area contributed by atoms with Crippen LogP contribution in [0.15, 0.2) is 59.1 Å². The lowest BCUT2D eigenvalue weighted by atomic mass is 10.2. The number of thiazole rings is 1. The Morgan fingerprint density at radius 1 is 1.12 bits per heavy atom. The largest absolute Gasteiger partial charge is 0.493 e. The van der Waals surface area contributed by atoms with E-state index in [1.54, 1.807) is 23.1 Å². The summed E-state index contributed by atoms with van der Waals surface area (Å²) in [5.41, 5.74) is 3.27. The molecule has 2 aromatic heterocycles. The maximum atomic E-state index is 6.01. The predicted molar refractivity (Wildman–Crippen MR) is 133 cm³/mol. The number of hydrogen-bond acceptors (Lipinski definition) is 6. The van der Waals surface area contributed by atoms with E-state index in [2.05, 4.69) is 39.2 Å². The molecule has 0 aliphatic heterocycles. The fourth-order valence-electron chi connectivity index (χ4n) is 3.34. The second kappa shape index (κ2) is 11.0. The van der Waals surface area contributed by atoms with Gasteiger partial charge in [0, 0.05) is 34.7 Å². The van der Waals surface area contributed by atoms with E-state index in [1.807, 2.05) is 43.3 Å². The van der Waals surface area contributed by atoms with Crippen molar-refractivity contribution in [3.8, 4) is 16.3 Å². The average Bonchev–Trinajstić information content (AvgIpc) is 3.43. The number of ether oxygens (including phenoxy) is 1. The third-order valence-corrected chi connectivity index (χ3v) is 7.15. The van der Waals surface area contributed by atoms with Gasteiger partial charge in [-0.1, -0.05) is 53.7 Å². The molecule has 8 heteroatoms. The minimum Gasteiger partial charge on any atom is -0.493 e.